The number of amides is 1. The number of likely N-dealkylation sites (tertiary alicyclic amines) is 1. The Labute approximate surface area is 232 Å². The zero-order valence-corrected chi connectivity index (χ0v) is 23.2. The summed E-state index contributed by atoms with van der Waals surface area (Å²) in [6, 6.07) is 5.59. The van der Waals surface area contributed by atoms with Gasteiger partial charge in [0.1, 0.15) is 5.75 Å². The van der Waals surface area contributed by atoms with Crippen LogP contribution in [0.3, 0.4) is 0 Å². The van der Waals surface area contributed by atoms with Crippen LogP contribution in [0.25, 0.3) is 0 Å². The molecule has 3 heterocycles. The van der Waals surface area contributed by atoms with Crippen LogP contribution in [0.4, 0.5) is 13.2 Å². The number of carbonyl (C=O) groups excluding carboxylic acids is 2. The van der Waals surface area contributed by atoms with Crippen LogP contribution in [0.5, 0.6) is 5.75 Å². The van der Waals surface area contributed by atoms with Gasteiger partial charge in [-0.15, -0.1) is 0 Å². The number of methoxy groups -OCH3 is 1. The van der Waals surface area contributed by atoms with Crippen LogP contribution in [-0.2, 0) is 22.3 Å². The van der Waals surface area contributed by atoms with Crippen molar-refractivity contribution in [2.45, 2.75) is 70.6 Å². The van der Waals surface area contributed by atoms with E-state index in [0.29, 0.717) is 22.8 Å². The van der Waals surface area contributed by atoms with E-state index in [1.165, 1.54) is 19.4 Å². The predicted octanol–water partition coefficient (Wildman–Crippen LogP) is 5.64. The Kier molecular flexibility index (Phi) is 7.83. The SMILES string of the molecule is COC(=O)c1cncc(C2CCN([C@@H]3CC[C@@](C(=O)N4COc5ccc(C(F)(F)F)cc5C4)(C(C)C)C3)CC2)c1. The van der Waals surface area contributed by atoms with E-state index < -0.39 is 23.1 Å². The molecule has 10 heteroatoms. The van der Waals surface area contributed by atoms with Gasteiger partial charge in [0.2, 0.25) is 5.91 Å². The molecule has 216 valence electrons. The van der Waals surface area contributed by atoms with Crippen LogP contribution in [0.1, 0.15) is 78.9 Å². The van der Waals surface area contributed by atoms with Gasteiger partial charge in [-0.05, 0) is 86.9 Å². The first-order chi connectivity index (χ1) is 19.0. The van der Waals surface area contributed by atoms with Crippen molar-refractivity contribution in [3.05, 3.63) is 58.9 Å². The van der Waals surface area contributed by atoms with E-state index in [1.54, 1.807) is 4.90 Å². The average Bonchev–Trinajstić information content (AvgIpc) is 3.42. The second kappa shape index (κ2) is 11.0. The fourth-order valence-corrected chi connectivity index (χ4v) is 6.70. The molecule has 2 aliphatic heterocycles. The van der Waals surface area contributed by atoms with Gasteiger partial charge in [-0.2, -0.15) is 13.2 Å². The fourth-order valence-electron chi connectivity index (χ4n) is 6.70. The number of pyridine rings is 1. The molecular formula is C30H36F3N3O4. The number of aromatic nitrogens is 1. The third-order valence-electron chi connectivity index (χ3n) is 9.16. The highest BCUT2D eigenvalue weighted by molar-refractivity contribution is 5.89. The van der Waals surface area contributed by atoms with Gasteiger partial charge in [-0.1, -0.05) is 13.8 Å². The molecule has 7 nitrogen and oxygen atoms in total. The Morgan fingerprint density at radius 3 is 2.55 bits per heavy atom. The van der Waals surface area contributed by atoms with Gasteiger partial charge in [0, 0.05) is 24.0 Å². The normalized spacial score (nSPS) is 24.1. The van der Waals surface area contributed by atoms with E-state index in [2.05, 4.69) is 23.7 Å². The number of carbonyl (C=O) groups is 2. The van der Waals surface area contributed by atoms with Crippen molar-refractivity contribution < 1.29 is 32.2 Å². The van der Waals surface area contributed by atoms with Gasteiger partial charge in [-0.3, -0.25) is 9.78 Å². The minimum absolute atomic E-state index is 0.0337. The van der Waals surface area contributed by atoms with Crippen molar-refractivity contribution in [1.82, 2.24) is 14.8 Å². The summed E-state index contributed by atoms with van der Waals surface area (Å²) < 4.78 is 50.4. The molecule has 0 bridgehead atoms. The highest BCUT2D eigenvalue weighted by atomic mass is 19.4. The number of esters is 1. The molecule has 3 aliphatic rings. The number of piperidine rings is 1. The predicted molar refractivity (Wildman–Crippen MR) is 142 cm³/mol. The molecule has 1 saturated heterocycles. The first kappa shape index (κ1) is 28.4. The van der Waals surface area contributed by atoms with E-state index in [4.69, 9.17) is 9.47 Å². The van der Waals surface area contributed by atoms with Gasteiger partial charge in [0.05, 0.1) is 30.2 Å². The van der Waals surface area contributed by atoms with Crippen LogP contribution in [0.15, 0.2) is 36.7 Å². The van der Waals surface area contributed by atoms with Crippen LogP contribution >= 0.6 is 0 Å². The molecule has 40 heavy (non-hydrogen) atoms. The van der Waals surface area contributed by atoms with E-state index >= 15 is 0 Å². The molecule has 1 saturated carbocycles. The Hall–Kier alpha value is -3.14. The molecule has 1 aliphatic carbocycles. The lowest BCUT2D eigenvalue weighted by Crippen LogP contribution is -2.49. The van der Waals surface area contributed by atoms with Crippen LogP contribution < -0.4 is 4.74 Å². The quantitative estimate of drug-likeness (QED) is 0.442. The number of alkyl halides is 3. The number of fused-ring (bicyclic) bond motifs is 1. The van der Waals surface area contributed by atoms with Crippen molar-refractivity contribution in [3.63, 3.8) is 0 Å². The summed E-state index contributed by atoms with van der Waals surface area (Å²) in [5, 5.41) is 0. The number of halogens is 3. The van der Waals surface area contributed by atoms with E-state index in [9.17, 15) is 22.8 Å². The van der Waals surface area contributed by atoms with Crippen LogP contribution in [0, 0.1) is 11.3 Å². The molecule has 1 aromatic carbocycles. The molecule has 0 radical (unpaired) electrons. The lowest BCUT2D eigenvalue weighted by atomic mass is 9.74. The summed E-state index contributed by atoms with van der Waals surface area (Å²) in [5.74, 6) is 0.357. The van der Waals surface area contributed by atoms with Gasteiger partial charge in [-0.25, -0.2) is 4.79 Å². The maximum absolute atomic E-state index is 14.0. The summed E-state index contributed by atoms with van der Waals surface area (Å²) in [4.78, 5) is 34.2. The average molecular weight is 560 g/mol. The van der Waals surface area contributed by atoms with E-state index in [-0.39, 0.29) is 31.1 Å². The van der Waals surface area contributed by atoms with E-state index in [1.807, 2.05) is 12.3 Å². The molecule has 2 atom stereocenters. The van der Waals surface area contributed by atoms with Gasteiger partial charge >= 0.3 is 12.1 Å². The maximum Gasteiger partial charge on any atom is 0.416 e. The molecule has 1 aromatic heterocycles. The van der Waals surface area contributed by atoms with Crippen LogP contribution in [0.2, 0.25) is 0 Å². The largest absolute Gasteiger partial charge is 0.473 e. The van der Waals surface area contributed by atoms with Crippen molar-refractivity contribution in [2.24, 2.45) is 11.3 Å². The van der Waals surface area contributed by atoms with Crippen molar-refractivity contribution in [2.75, 3.05) is 26.9 Å². The number of ether oxygens (including phenoxy) is 2. The molecule has 2 fully saturated rings. The summed E-state index contributed by atoms with van der Waals surface area (Å²) >= 11 is 0. The Morgan fingerprint density at radius 2 is 1.88 bits per heavy atom. The number of nitrogens with zero attached hydrogens (tertiary/aromatic N) is 3. The highest BCUT2D eigenvalue weighted by Crippen LogP contribution is 2.49. The second-order valence-corrected chi connectivity index (χ2v) is 11.6. The van der Waals surface area contributed by atoms with Crippen LogP contribution in [-0.4, -0.2) is 59.6 Å². The van der Waals surface area contributed by atoms with Gasteiger partial charge < -0.3 is 19.3 Å². The van der Waals surface area contributed by atoms with Crippen molar-refractivity contribution in [1.29, 1.82) is 0 Å². The monoisotopic (exact) mass is 559 g/mol. The number of hydrogen-bond acceptors (Lipinski definition) is 6. The zero-order valence-electron chi connectivity index (χ0n) is 23.2. The Morgan fingerprint density at radius 1 is 1.12 bits per heavy atom. The Bertz CT molecular complexity index is 1260. The number of hydrogen-bond donors (Lipinski definition) is 0. The highest BCUT2D eigenvalue weighted by Gasteiger charge is 2.51. The summed E-state index contributed by atoms with van der Waals surface area (Å²) in [5.41, 5.74) is 0.565. The third-order valence-corrected chi connectivity index (χ3v) is 9.16. The van der Waals surface area contributed by atoms with E-state index in [0.717, 1.165) is 62.9 Å². The Balaban J connectivity index is 1.24. The topological polar surface area (TPSA) is 72.0 Å². The molecule has 0 N–H and O–H groups in total. The third kappa shape index (κ3) is 5.42. The molecule has 1 amide bonds. The maximum atomic E-state index is 14.0. The fraction of sp³-hybridized carbons (Fsp3) is 0.567. The molecule has 0 spiro atoms. The second-order valence-electron chi connectivity index (χ2n) is 11.6. The molecular weight excluding hydrogens is 523 g/mol. The minimum Gasteiger partial charge on any atom is -0.473 e. The van der Waals surface area contributed by atoms with Crippen molar-refractivity contribution >= 4 is 11.9 Å². The smallest absolute Gasteiger partial charge is 0.416 e. The first-order valence-corrected chi connectivity index (χ1v) is 13.9. The summed E-state index contributed by atoms with van der Waals surface area (Å²) in [7, 11) is 1.36. The van der Waals surface area contributed by atoms with Crippen molar-refractivity contribution in [3.8, 4) is 5.75 Å². The lowest BCUT2D eigenvalue weighted by Gasteiger charge is -2.41. The molecule has 5 rings (SSSR count). The number of benzene rings is 1. The van der Waals surface area contributed by atoms with Gasteiger partial charge in [0.25, 0.3) is 0 Å². The lowest BCUT2D eigenvalue weighted by molar-refractivity contribution is -0.150. The molecule has 0 unspecified atom stereocenters. The standard InChI is InChI=1S/C30H36F3N3O4/c1-19(2)29(28(38)36-17-23-13-24(30(31,32)33)4-5-26(23)40-18-36)9-6-25(14-29)35-10-7-20(8-11-35)21-12-22(16-34-15-21)27(37)39-3/h4-5,12-13,15-16,19-20,25H,6-11,14,17-18H2,1-3H3/t25-,29+/m1/s1. The number of rotatable bonds is 5. The van der Waals surface area contributed by atoms with Gasteiger partial charge in [0.15, 0.2) is 6.73 Å². The first-order valence-electron chi connectivity index (χ1n) is 13.9. The summed E-state index contributed by atoms with van der Waals surface area (Å²) in [6.07, 6.45) is 3.12. The zero-order chi connectivity index (χ0) is 28.7. The summed E-state index contributed by atoms with van der Waals surface area (Å²) in [6.45, 7) is 6.06. The minimum atomic E-state index is -4.45. The molecule has 2 aromatic rings.